The highest BCUT2D eigenvalue weighted by molar-refractivity contribution is 6.51. The third kappa shape index (κ3) is 9.66. The van der Waals surface area contributed by atoms with Gasteiger partial charge in [-0.3, -0.25) is 0 Å². The number of rotatable bonds is 9. The van der Waals surface area contributed by atoms with E-state index in [1.807, 2.05) is 6.92 Å². The van der Waals surface area contributed by atoms with Gasteiger partial charge >= 0.3 is 14.5 Å². The van der Waals surface area contributed by atoms with Crippen molar-refractivity contribution in [2.45, 2.75) is 64.8 Å². The van der Waals surface area contributed by atoms with Crippen molar-refractivity contribution in [3.05, 3.63) is 0 Å². The zero-order chi connectivity index (χ0) is 12.6. The van der Waals surface area contributed by atoms with E-state index in [-0.39, 0.29) is 6.29 Å². The van der Waals surface area contributed by atoms with Gasteiger partial charge in [0.15, 0.2) is 0 Å². The van der Waals surface area contributed by atoms with E-state index < -0.39 is 14.5 Å². The van der Waals surface area contributed by atoms with Gasteiger partial charge < -0.3 is 8.53 Å². The highest BCUT2D eigenvalue weighted by Gasteiger charge is 2.25. The van der Waals surface area contributed by atoms with Crippen LogP contribution in [0.2, 0.25) is 10.6 Å². The molecule has 0 aromatic heterocycles. The lowest BCUT2D eigenvalue weighted by Gasteiger charge is -2.22. The minimum absolute atomic E-state index is 0.00545. The van der Waals surface area contributed by atoms with Crippen molar-refractivity contribution in [2.75, 3.05) is 6.61 Å². The summed E-state index contributed by atoms with van der Waals surface area (Å²) in [6.45, 7) is 14.1. The Labute approximate surface area is 106 Å². The molecule has 16 heavy (non-hydrogen) atoms. The van der Waals surface area contributed by atoms with E-state index in [2.05, 4.69) is 34.6 Å². The highest BCUT2D eigenvalue weighted by Crippen LogP contribution is 2.17. The van der Waals surface area contributed by atoms with Crippen LogP contribution in [0, 0.1) is 11.8 Å². The molecule has 0 saturated carbocycles. The summed E-state index contributed by atoms with van der Waals surface area (Å²) >= 11 is -1.08. The molecule has 0 aliphatic heterocycles. The van der Waals surface area contributed by atoms with Crippen molar-refractivity contribution in [2.24, 2.45) is 11.8 Å². The predicted octanol–water partition coefficient (Wildman–Crippen LogP) is 4.08. The second kappa shape index (κ2) is 9.48. The van der Waals surface area contributed by atoms with E-state index in [1.165, 1.54) is 10.6 Å². The fourth-order valence-corrected chi connectivity index (χ4v) is 4.99. The monoisotopic (exact) mass is 244 g/mol. The second-order valence-corrected chi connectivity index (χ2v) is 7.91. The summed E-state index contributed by atoms with van der Waals surface area (Å²) in [6.07, 6.45) is 1.06. The molecule has 0 rings (SSSR count). The average Bonchev–Trinajstić information content (AvgIpc) is 2.12. The van der Waals surface area contributed by atoms with Gasteiger partial charge in [-0.2, -0.15) is 0 Å². The van der Waals surface area contributed by atoms with Gasteiger partial charge in [0.1, 0.15) is 6.29 Å². The van der Waals surface area contributed by atoms with Crippen LogP contribution < -0.4 is 0 Å². The maximum Gasteiger partial charge on any atom is 0.463 e. The molecule has 2 nitrogen and oxygen atoms in total. The standard InChI is InChI=1S/C5H11O2.2C4H9.Al/c1-3-4-7-5(2)6;2*1-4(2)3;/h5H,3-4H2,1-2H3;2*4H,1H2,2-3H3;/q-1;;;+1. The summed E-state index contributed by atoms with van der Waals surface area (Å²) in [4.78, 5) is 0. The summed E-state index contributed by atoms with van der Waals surface area (Å²) in [7, 11) is 0. The smallest absolute Gasteiger partial charge is 0.463 e. The normalized spacial score (nSPS) is 13.5. The number of ether oxygens (including phenoxy) is 1. The van der Waals surface area contributed by atoms with E-state index in [0.717, 1.165) is 24.9 Å². The molecule has 3 heteroatoms. The van der Waals surface area contributed by atoms with Crippen molar-refractivity contribution in [3.63, 3.8) is 0 Å². The van der Waals surface area contributed by atoms with Crippen LogP contribution in [0.5, 0.6) is 0 Å². The van der Waals surface area contributed by atoms with E-state index in [0.29, 0.717) is 0 Å². The summed E-state index contributed by atoms with van der Waals surface area (Å²) in [5.41, 5.74) is 0. The van der Waals surface area contributed by atoms with E-state index in [4.69, 9.17) is 8.53 Å². The van der Waals surface area contributed by atoms with Crippen molar-refractivity contribution in [1.29, 1.82) is 0 Å². The van der Waals surface area contributed by atoms with Crippen LogP contribution in [0.25, 0.3) is 0 Å². The molecule has 0 aromatic rings. The quantitative estimate of drug-likeness (QED) is 0.449. The van der Waals surface area contributed by atoms with Crippen LogP contribution in [-0.2, 0) is 8.53 Å². The zero-order valence-electron chi connectivity index (χ0n) is 12.0. The molecular formula is C13H29AlO2. The molecule has 0 heterocycles. The van der Waals surface area contributed by atoms with E-state index >= 15 is 0 Å². The van der Waals surface area contributed by atoms with Gasteiger partial charge in [0.25, 0.3) is 0 Å². The minimum atomic E-state index is -1.08. The molecule has 0 fully saturated rings. The van der Waals surface area contributed by atoms with Gasteiger partial charge in [-0.25, -0.2) is 0 Å². The lowest BCUT2D eigenvalue weighted by atomic mass is 10.3. The molecule has 0 aromatic carbocycles. The molecule has 0 bridgehead atoms. The highest BCUT2D eigenvalue weighted by atomic mass is 27.2. The molecule has 96 valence electrons. The molecule has 0 saturated heterocycles. The Morgan fingerprint density at radius 1 is 0.938 bits per heavy atom. The second-order valence-electron chi connectivity index (χ2n) is 5.46. The maximum absolute atomic E-state index is 6.09. The molecule has 0 radical (unpaired) electrons. The first-order valence-electron chi connectivity index (χ1n) is 6.72. The van der Waals surface area contributed by atoms with Crippen LogP contribution in [-0.4, -0.2) is 27.4 Å². The first-order chi connectivity index (χ1) is 7.45. The van der Waals surface area contributed by atoms with Crippen LogP contribution in [0.1, 0.15) is 48.0 Å². The molecule has 0 spiro atoms. The Balaban J connectivity index is 3.98. The largest absolute Gasteiger partial charge is 0.478 e. The summed E-state index contributed by atoms with van der Waals surface area (Å²) in [6, 6.07) is 0. The molecule has 1 atom stereocenters. The molecule has 0 aliphatic carbocycles. The third-order valence-electron chi connectivity index (χ3n) is 2.41. The average molecular weight is 244 g/mol. The van der Waals surface area contributed by atoms with Gasteiger partial charge in [-0.15, -0.1) is 0 Å². The fourth-order valence-electron chi connectivity index (χ4n) is 1.85. The van der Waals surface area contributed by atoms with Gasteiger partial charge in [0, 0.05) is 6.61 Å². The Bertz CT molecular complexity index is 150. The molecule has 1 unspecified atom stereocenters. The topological polar surface area (TPSA) is 18.5 Å². The summed E-state index contributed by atoms with van der Waals surface area (Å²) in [5.74, 6) is 1.49. The molecular weight excluding hydrogens is 215 g/mol. The zero-order valence-corrected chi connectivity index (χ0v) is 13.1. The lowest BCUT2D eigenvalue weighted by molar-refractivity contribution is -0.0699. The first kappa shape index (κ1) is 16.5. The Morgan fingerprint density at radius 3 is 1.81 bits per heavy atom. The van der Waals surface area contributed by atoms with Crippen LogP contribution in [0.15, 0.2) is 0 Å². The lowest BCUT2D eigenvalue weighted by Crippen LogP contribution is -2.28. The molecule has 0 amide bonds. The Morgan fingerprint density at radius 2 is 1.44 bits per heavy atom. The van der Waals surface area contributed by atoms with E-state index in [1.54, 1.807) is 0 Å². The van der Waals surface area contributed by atoms with Crippen molar-refractivity contribution >= 4 is 14.5 Å². The van der Waals surface area contributed by atoms with Crippen molar-refractivity contribution in [1.82, 2.24) is 0 Å². The van der Waals surface area contributed by atoms with Gasteiger partial charge in [0.2, 0.25) is 0 Å². The molecule has 0 N–H and O–H groups in total. The summed E-state index contributed by atoms with van der Waals surface area (Å²) < 4.78 is 11.7. The van der Waals surface area contributed by atoms with Crippen LogP contribution in [0.4, 0.5) is 0 Å². The Kier molecular flexibility index (Phi) is 9.75. The first-order valence-corrected chi connectivity index (χ1v) is 8.83. The predicted molar refractivity (Wildman–Crippen MR) is 71.8 cm³/mol. The van der Waals surface area contributed by atoms with Crippen molar-refractivity contribution in [3.8, 4) is 0 Å². The van der Waals surface area contributed by atoms with Crippen LogP contribution >= 0.6 is 0 Å². The van der Waals surface area contributed by atoms with Gasteiger partial charge in [-0.05, 0) is 13.3 Å². The Hall–Kier alpha value is 0.452. The maximum atomic E-state index is 6.09. The number of hydrogen-bond donors (Lipinski definition) is 0. The molecule has 0 aliphatic rings. The van der Waals surface area contributed by atoms with Crippen molar-refractivity contribution < 1.29 is 8.53 Å². The van der Waals surface area contributed by atoms with Gasteiger partial charge in [0.05, 0.1) is 0 Å². The SMILES string of the molecule is CCCOC(C)[O][Al]([CH2]C(C)C)[CH2]C(C)C. The third-order valence-corrected chi connectivity index (χ3v) is 6.11. The van der Waals surface area contributed by atoms with Gasteiger partial charge in [-0.1, -0.05) is 57.0 Å². The minimum Gasteiger partial charge on any atom is -0.478 e. The summed E-state index contributed by atoms with van der Waals surface area (Å²) in [5, 5.41) is 2.52. The number of hydrogen-bond acceptors (Lipinski definition) is 2. The fraction of sp³-hybridized carbons (Fsp3) is 1.00. The van der Waals surface area contributed by atoms with E-state index in [9.17, 15) is 0 Å². The van der Waals surface area contributed by atoms with Crippen LogP contribution in [0.3, 0.4) is 0 Å².